The molecule has 28 heavy (non-hydrogen) atoms. The molecule has 7 heteroatoms. The molecular formula is C21H27N5O2. The summed E-state index contributed by atoms with van der Waals surface area (Å²) in [6.45, 7) is 5.48. The molecule has 0 saturated carbocycles. The Labute approximate surface area is 166 Å². The number of anilines is 1. The highest BCUT2D eigenvalue weighted by Crippen LogP contribution is 2.15. The molecule has 3 heterocycles. The van der Waals surface area contributed by atoms with E-state index in [9.17, 15) is 9.59 Å². The highest BCUT2D eigenvalue weighted by molar-refractivity contribution is 5.99. The summed E-state index contributed by atoms with van der Waals surface area (Å²) in [5.41, 5.74) is 0.914. The number of piperazine rings is 1. The van der Waals surface area contributed by atoms with Crippen LogP contribution in [0.15, 0.2) is 42.9 Å². The average Bonchev–Trinajstić information content (AvgIpc) is 2.77. The molecule has 0 radical (unpaired) electrons. The van der Waals surface area contributed by atoms with Crippen molar-refractivity contribution in [1.82, 2.24) is 19.8 Å². The van der Waals surface area contributed by atoms with Crippen LogP contribution < -0.4 is 4.90 Å². The van der Waals surface area contributed by atoms with Crippen molar-refractivity contribution in [1.29, 1.82) is 0 Å². The van der Waals surface area contributed by atoms with Gasteiger partial charge in [-0.25, -0.2) is 4.98 Å². The number of aromatic nitrogens is 2. The van der Waals surface area contributed by atoms with Crippen molar-refractivity contribution in [3.63, 3.8) is 0 Å². The average molecular weight is 381 g/mol. The second kappa shape index (κ2) is 9.30. The third-order valence-electron chi connectivity index (χ3n) is 4.97. The summed E-state index contributed by atoms with van der Waals surface area (Å²) in [5.74, 6) is 0.744. The van der Waals surface area contributed by atoms with Crippen molar-refractivity contribution in [3.8, 4) is 0 Å². The van der Waals surface area contributed by atoms with Gasteiger partial charge in [-0.05, 0) is 24.6 Å². The number of amides is 2. The van der Waals surface area contributed by atoms with Crippen molar-refractivity contribution in [2.75, 3.05) is 44.7 Å². The molecule has 0 spiro atoms. The van der Waals surface area contributed by atoms with E-state index >= 15 is 0 Å². The number of carbonyl (C=O) groups excluding carboxylic acids is 2. The van der Waals surface area contributed by atoms with Gasteiger partial charge in [0.15, 0.2) is 0 Å². The van der Waals surface area contributed by atoms with Gasteiger partial charge in [-0.3, -0.25) is 14.6 Å². The van der Waals surface area contributed by atoms with Crippen LogP contribution in [0, 0.1) is 0 Å². The molecule has 0 aromatic carbocycles. The normalized spacial score (nSPS) is 14.1. The molecule has 148 valence electrons. The lowest BCUT2D eigenvalue weighted by Gasteiger charge is -2.35. The smallest absolute Gasteiger partial charge is 0.255 e. The minimum Gasteiger partial charge on any atom is -0.353 e. The van der Waals surface area contributed by atoms with Gasteiger partial charge >= 0.3 is 0 Å². The van der Waals surface area contributed by atoms with Crippen LogP contribution in [0.1, 0.15) is 40.5 Å². The van der Waals surface area contributed by atoms with Crippen molar-refractivity contribution in [2.45, 2.75) is 19.8 Å². The van der Waals surface area contributed by atoms with Crippen molar-refractivity contribution in [3.05, 3.63) is 54.0 Å². The molecule has 0 unspecified atom stereocenters. The predicted molar refractivity (Wildman–Crippen MR) is 108 cm³/mol. The minimum atomic E-state index is -0.101. The molecule has 1 fully saturated rings. The van der Waals surface area contributed by atoms with E-state index in [-0.39, 0.29) is 11.8 Å². The number of carbonyl (C=O) groups is 2. The molecule has 1 aliphatic rings. The molecule has 0 aliphatic carbocycles. The lowest BCUT2D eigenvalue weighted by molar-refractivity contribution is 0.0746. The van der Waals surface area contributed by atoms with E-state index in [4.69, 9.17) is 0 Å². The van der Waals surface area contributed by atoms with Crippen LogP contribution >= 0.6 is 0 Å². The first-order valence-electron chi connectivity index (χ1n) is 9.76. The Morgan fingerprint density at radius 2 is 1.86 bits per heavy atom. The molecule has 2 aromatic rings. The van der Waals surface area contributed by atoms with Gasteiger partial charge in [0.25, 0.3) is 11.8 Å². The van der Waals surface area contributed by atoms with Gasteiger partial charge in [0, 0.05) is 58.4 Å². The molecule has 2 amide bonds. The topological polar surface area (TPSA) is 69.6 Å². The highest BCUT2D eigenvalue weighted by atomic mass is 16.2. The summed E-state index contributed by atoms with van der Waals surface area (Å²) in [7, 11) is 1.78. The molecular weight excluding hydrogens is 354 g/mol. The fourth-order valence-electron chi connectivity index (χ4n) is 3.25. The van der Waals surface area contributed by atoms with Gasteiger partial charge in [-0.15, -0.1) is 0 Å². The second-order valence-electron chi connectivity index (χ2n) is 7.01. The third-order valence-corrected chi connectivity index (χ3v) is 4.97. The van der Waals surface area contributed by atoms with Gasteiger partial charge in [-0.2, -0.15) is 0 Å². The molecule has 0 bridgehead atoms. The van der Waals surface area contributed by atoms with Gasteiger partial charge < -0.3 is 14.7 Å². The summed E-state index contributed by atoms with van der Waals surface area (Å²) < 4.78 is 0. The van der Waals surface area contributed by atoms with Crippen LogP contribution in [0.2, 0.25) is 0 Å². The van der Waals surface area contributed by atoms with E-state index in [2.05, 4.69) is 21.8 Å². The summed E-state index contributed by atoms with van der Waals surface area (Å²) in [6, 6.07) is 7.49. The lowest BCUT2D eigenvalue weighted by atomic mass is 10.1. The van der Waals surface area contributed by atoms with E-state index < -0.39 is 0 Å². The first-order chi connectivity index (χ1) is 13.6. The molecule has 1 saturated heterocycles. The molecule has 7 nitrogen and oxygen atoms in total. The standard InChI is InChI=1S/C21H27N5O2/c1-3-4-9-24(2)20(27)17-14-18(16-22-15-17)21(28)26-12-10-25(11-13-26)19-7-5-6-8-23-19/h5-8,14-16H,3-4,9-13H2,1-2H3. The minimum absolute atomic E-state index is 0.0842. The molecule has 3 rings (SSSR count). The van der Waals surface area contributed by atoms with Gasteiger partial charge in [-0.1, -0.05) is 19.4 Å². The molecule has 2 aromatic heterocycles. The van der Waals surface area contributed by atoms with Crippen molar-refractivity contribution < 1.29 is 9.59 Å². The van der Waals surface area contributed by atoms with E-state index in [1.807, 2.05) is 23.1 Å². The number of nitrogens with zero attached hydrogens (tertiary/aromatic N) is 5. The first kappa shape index (κ1) is 19.8. The number of pyridine rings is 2. The summed E-state index contributed by atoms with van der Waals surface area (Å²) in [5, 5.41) is 0. The Kier molecular flexibility index (Phi) is 6.57. The van der Waals surface area contributed by atoms with E-state index in [0.717, 1.165) is 31.7 Å². The van der Waals surface area contributed by atoms with Crippen LogP contribution in [0.5, 0.6) is 0 Å². The SMILES string of the molecule is CCCCN(C)C(=O)c1cncc(C(=O)N2CCN(c3ccccn3)CC2)c1. The number of hydrogen-bond acceptors (Lipinski definition) is 5. The monoisotopic (exact) mass is 381 g/mol. The maximum atomic E-state index is 12.9. The fourth-order valence-corrected chi connectivity index (χ4v) is 3.25. The third kappa shape index (κ3) is 4.65. The Hall–Kier alpha value is -2.96. The van der Waals surface area contributed by atoms with Crippen LogP contribution in [0.4, 0.5) is 5.82 Å². The van der Waals surface area contributed by atoms with E-state index in [0.29, 0.717) is 30.8 Å². The molecule has 0 N–H and O–H groups in total. The van der Waals surface area contributed by atoms with Gasteiger partial charge in [0.2, 0.25) is 0 Å². The summed E-state index contributed by atoms with van der Waals surface area (Å²) in [6.07, 6.45) is 6.82. The van der Waals surface area contributed by atoms with Gasteiger partial charge in [0.05, 0.1) is 11.1 Å². The van der Waals surface area contributed by atoms with Crippen LogP contribution in [-0.4, -0.2) is 71.4 Å². The molecule has 1 aliphatic heterocycles. The largest absolute Gasteiger partial charge is 0.353 e. The predicted octanol–water partition coefficient (Wildman–Crippen LogP) is 2.31. The van der Waals surface area contributed by atoms with Gasteiger partial charge in [0.1, 0.15) is 5.82 Å². The molecule has 0 atom stereocenters. The Balaban J connectivity index is 1.63. The van der Waals surface area contributed by atoms with Crippen molar-refractivity contribution >= 4 is 17.6 Å². The lowest BCUT2D eigenvalue weighted by Crippen LogP contribution is -2.49. The van der Waals surface area contributed by atoms with E-state index in [1.165, 1.54) is 12.4 Å². The van der Waals surface area contributed by atoms with E-state index in [1.54, 1.807) is 24.2 Å². The highest BCUT2D eigenvalue weighted by Gasteiger charge is 2.24. The number of unbranched alkanes of at least 4 members (excludes halogenated alkanes) is 1. The summed E-state index contributed by atoms with van der Waals surface area (Å²) >= 11 is 0. The maximum Gasteiger partial charge on any atom is 0.255 e. The fraction of sp³-hybridized carbons (Fsp3) is 0.429. The zero-order valence-corrected chi connectivity index (χ0v) is 16.5. The quantitative estimate of drug-likeness (QED) is 0.768. The first-order valence-corrected chi connectivity index (χ1v) is 9.76. The zero-order chi connectivity index (χ0) is 19.9. The maximum absolute atomic E-state index is 12.9. The Morgan fingerprint density at radius 1 is 1.11 bits per heavy atom. The Morgan fingerprint density at radius 3 is 2.54 bits per heavy atom. The second-order valence-corrected chi connectivity index (χ2v) is 7.01. The van der Waals surface area contributed by atoms with Crippen molar-refractivity contribution in [2.24, 2.45) is 0 Å². The summed E-state index contributed by atoms with van der Waals surface area (Å²) in [4.78, 5) is 39.6. The van der Waals surface area contributed by atoms with Crippen LogP contribution in [0.3, 0.4) is 0 Å². The Bertz CT molecular complexity index is 803. The number of hydrogen-bond donors (Lipinski definition) is 0. The number of rotatable bonds is 6. The van der Waals surface area contributed by atoms with Crippen LogP contribution in [-0.2, 0) is 0 Å². The van der Waals surface area contributed by atoms with Crippen LogP contribution in [0.25, 0.3) is 0 Å². The zero-order valence-electron chi connectivity index (χ0n) is 16.5.